The zero-order valence-electron chi connectivity index (χ0n) is 14.8. The fourth-order valence-corrected chi connectivity index (χ4v) is 1.69. The average Bonchev–Trinajstić information content (AvgIpc) is 2.36. The van der Waals surface area contributed by atoms with E-state index in [1.54, 1.807) is 41.5 Å². The van der Waals surface area contributed by atoms with Crippen molar-refractivity contribution in [1.29, 1.82) is 0 Å². The van der Waals surface area contributed by atoms with Gasteiger partial charge in [0, 0.05) is 5.56 Å². The van der Waals surface area contributed by atoms with Crippen LogP contribution in [0, 0.1) is 0 Å². The van der Waals surface area contributed by atoms with Crippen LogP contribution in [0.25, 0.3) is 6.08 Å². The molecule has 6 nitrogen and oxygen atoms in total. The minimum absolute atomic E-state index is 0.0988. The maximum absolute atomic E-state index is 12.4. The van der Waals surface area contributed by atoms with Crippen LogP contribution < -0.4 is 0 Å². The molecule has 0 fully saturated rings. The Bertz CT molecular complexity index is 629. The van der Waals surface area contributed by atoms with Crippen LogP contribution in [0.2, 0.25) is 0 Å². The van der Waals surface area contributed by atoms with E-state index in [0.717, 1.165) is 6.08 Å². The zero-order valence-corrected chi connectivity index (χ0v) is 14.8. The van der Waals surface area contributed by atoms with Gasteiger partial charge >= 0.3 is 11.9 Å². The summed E-state index contributed by atoms with van der Waals surface area (Å²) in [6.07, 6.45) is 1.14. The first-order valence-electron chi connectivity index (χ1n) is 7.49. The molecular weight excluding hydrogens is 312 g/mol. The Kier molecular flexibility index (Phi) is 5.66. The van der Waals surface area contributed by atoms with Gasteiger partial charge in [0.15, 0.2) is 11.5 Å². The van der Waals surface area contributed by atoms with E-state index in [2.05, 4.69) is 0 Å². The van der Waals surface area contributed by atoms with Crippen LogP contribution >= 0.6 is 0 Å². The van der Waals surface area contributed by atoms with Crippen molar-refractivity contribution in [2.45, 2.75) is 52.7 Å². The van der Waals surface area contributed by atoms with Gasteiger partial charge in [-0.2, -0.15) is 0 Å². The van der Waals surface area contributed by atoms with E-state index in [1.807, 2.05) is 0 Å². The molecule has 1 aromatic carbocycles. The summed E-state index contributed by atoms with van der Waals surface area (Å²) >= 11 is 0. The highest BCUT2D eigenvalue weighted by Crippen LogP contribution is 2.30. The largest absolute Gasteiger partial charge is 0.504 e. The highest BCUT2D eigenvalue weighted by atomic mass is 16.6. The molecule has 0 aromatic heterocycles. The standard InChI is InChI=1S/C18H24O6/c1-17(2,3)23-15(21)12(16(22)24-18(4,5)6)10-11-8-7-9-13(19)14(11)20/h7-10,19-20H,1-6H3. The second kappa shape index (κ2) is 6.95. The molecule has 0 saturated carbocycles. The lowest BCUT2D eigenvalue weighted by Gasteiger charge is -2.23. The van der Waals surface area contributed by atoms with Crippen LogP contribution in [0.4, 0.5) is 0 Å². The van der Waals surface area contributed by atoms with Crippen molar-refractivity contribution >= 4 is 18.0 Å². The number of para-hydroxylation sites is 1. The molecule has 0 aliphatic carbocycles. The second-order valence-electron chi connectivity index (χ2n) is 7.28. The number of hydrogen-bond acceptors (Lipinski definition) is 6. The van der Waals surface area contributed by atoms with E-state index in [9.17, 15) is 19.8 Å². The second-order valence-corrected chi connectivity index (χ2v) is 7.28. The van der Waals surface area contributed by atoms with Gasteiger partial charge in [0.2, 0.25) is 0 Å². The van der Waals surface area contributed by atoms with E-state index in [0.29, 0.717) is 0 Å². The Morgan fingerprint density at radius 3 is 1.79 bits per heavy atom. The van der Waals surface area contributed by atoms with Crippen LogP contribution in [0.15, 0.2) is 23.8 Å². The Labute approximate surface area is 141 Å². The zero-order chi connectivity index (χ0) is 18.7. The highest BCUT2D eigenvalue weighted by Gasteiger charge is 2.29. The lowest BCUT2D eigenvalue weighted by atomic mass is 10.1. The number of carbonyl (C=O) groups is 2. The average molecular weight is 336 g/mol. The molecule has 132 valence electrons. The molecule has 0 saturated heterocycles. The minimum Gasteiger partial charge on any atom is -0.504 e. The predicted molar refractivity (Wildman–Crippen MR) is 89.4 cm³/mol. The summed E-state index contributed by atoms with van der Waals surface area (Å²) in [6.45, 7) is 10.0. The SMILES string of the molecule is CC(C)(C)OC(=O)C(=Cc1cccc(O)c1O)C(=O)OC(C)(C)C. The van der Waals surface area contributed by atoms with Crippen LogP contribution in [-0.2, 0) is 19.1 Å². The first kappa shape index (κ1) is 19.5. The molecule has 0 atom stereocenters. The summed E-state index contributed by atoms with van der Waals surface area (Å²) in [5.74, 6) is -2.56. The number of hydrogen-bond donors (Lipinski definition) is 2. The third kappa shape index (κ3) is 5.95. The van der Waals surface area contributed by atoms with Gasteiger partial charge < -0.3 is 19.7 Å². The fraction of sp³-hybridized carbons (Fsp3) is 0.444. The summed E-state index contributed by atoms with van der Waals surface area (Å²) in [5.41, 5.74) is -1.89. The van der Waals surface area contributed by atoms with Gasteiger partial charge in [-0.3, -0.25) is 0 Å². The van der Waals surface area contributed by atoms with Crippen molar-refractivity contribution in [3.8, 4) is 11.5 Å². The molecule has 0 bridgehead atoms. The first-order chi connectivity index (χ1) is 10.8. The quantitative estimate of drug-likeness (QED) is 0.289. The Morgan fingerprint density at radius 2 is 1.38 bits per heavy atom. The number of rotatable bonds is 3. The van der Waals surface area contributed by atoms with Crippen molar-refractivity contribution in [2.75, 3.05) is 0 Å². The van der Waals surface area contributed by atoms with Gasteiger partial charge in [-0.1, -0.05) is 12.1 Å². The monoisotopic (exact) mass is 336 g/mol. The minimum atomic E-state index is -0.875. The molecule has 0 spiro atoms. The van der Waals surface area contributed by atoms with Crippen molar-refractivity contribution in [2.24, 2.45) is 0 Å². The molecule has 6 heteroatoms. The third-order valence-corrected chi connectivity index (χ3v) is 2.58. The van der Waals surface area contributed by atoms with Crippen molar-refractivity contribution < 1.29 is 29.3 Å². The summed E-state index contributed by atoms with van der Waals surface area (Å²) in [5, 5.41) is 19.4. The predicted octanol–water partition coefficient (Wildman–Crippen LogP) is 3.16. The van der Waals surface area contributed by atoms with E-state index in [1.165, 1.54) is 18.2 Å². The van der Waals surface area contributed by atoms with Gasteiger partial charge in [-0.05, 0) is 53.7 Å². The fourth-order valence-electron chi connectivity index (χ4n) is 1.69. The van der Waals surface area contributed by atoms with Crippen LogP contribution in [0.3, 0.4) is 0 Å². The molecule has 0 unspecified atom stereocenters. The Balaban J connectivity index is 3.32. The molecule has 0 aliphatic rings. The molecular formula is C18H24O6. The summed E-state index contributed by atoms with van der Waals surface area (Å²) in [7, 11) is 0. The molecule has 0 heterocycles. The van der Waals surface area contributed by atoms with E-state index >= 15 is 0 Å². The first-order valence-corrected chi connectivity index (χ1v) is 7.49. The number of phenols is 2. The number of ether oxygens (including phenoxy) is 2. The lowest BCUT2D eigenvalue weighted by molar-refractivity contribution is -0.158. The number of carbonyl (C=O) groups excluding carboxylic acids is 2. The third-order valence-electron chi connectivity index (χ3n) is 2.58. The topological polar surface area (TPSA) is 93.1 Å². The Morgan fingerprint density at radius 1 is 0.917 bits per heavy atom. The van der Waals surface area contributed by atoms with Crippen LogP contribution in [-0.4, -0.2) is 33.4 Å². The normalized spacial score (nSPS) is 11.6. The molecule has 0 amide bonds. The van der Waals surface area contributed by atoms with E-state index in [-0.39, 0.29) is 16.9 Å². The van der Waals surface area contributed by atoms with E-state index < -0.39 is 28.9 Å². The number of benzene rings is 1. The maximum atomic E-state index is 12.4. The molecule has 1 aromatic rings. The molecule has 2 N–H and O–H groups in total. The highest BCUT2D eigenvalue weighted by molar-refractivity contribution is 6.18. The molecule has 0 aliphatic heterocycles. The number of phenolic OH excluding ortho intramolecular Hbond substituents is 2. The Hall–Kier alpha value is -2.50. The lowest BCUT2D eigenvalue weighted by Crippen LogP contribution is -2.31. The molecule has 0 radical (unpaired) electrons. The van der Waals surface area contributed by atoms with E-state index in [4.69, 9.17) is 9.47 Å². The van der Waals surface area contributed by atoms with Gasteiger partial charge in [0.1, 0.15) is 16.8 Å². The van der Waals surface area contributed by atoms with Crippen molar-refractivity contribution in [3.05, 3.63) is 29.3 Å². The van der Waals surface area contributed by atoms with Crippen LogP contribution in [0.5, 0.6) is 11.5 Å². The van der Waals surface area contributed by atoms with Crippen molar-refractivity contribution in [1.82, 2.24) is 0 Å². The number of aromatic hydroxyl groups is 2. The van der Waals surface area contributed by atoms with Gasteiger partial charge in [-0.25, -0.2) is 9.59 Å². The summed E-state index contributed by atoms with van der Waals surface area (Å²) < 4.78 is 10.5. The molecule has 1 rings (SSSR count). The maximum Gasteiger partial charge on any atom is 0.346 e. The molecule has 24 heavy (non-hydrogen) atoms. The van der Waals surface area contributed by atoms with Gasteiger partial charge in [-0.15, -0.1) is 0 Å². The summed E-state index contributed by atoms with van der Waals surface area (Å²) in [4.78, 5) is 24.7. The summed E-state index contributed by atoms with van der Waals surface area (Å²) in [6, 6.07) is 4.21. The van der Waals surface area contributed by atoms with Crippen molar-refractivity contribution in [3.63, 3.8) is 0 Å². The van der Waals surface area contributed by atoms with Gasteiger partial charge in [0.05, 0.1) is 0 Å². The number of esters is 2. The smallest absolute Gasteiger partial charge is 0.346 e. The van der Waals surface area contributed by atoms with Gasteiger partial charge in [0.25, 0.3) is 0 Å². The van der Waals surface area contributed by atoms with Crippen LogP contribution in [0.1, 0.15) is 47.1 Å².